The highest BCUT2D eigenvalue weighted by Crippen LogP contribution is 2.46. The van der Waals surface area contributed by atoms with Gasteiger partial charge in [-0.3, -0.25) is 9.59 Å². The molecule has 1 aromatic carbocycles. The highest BCUT2D eigenvalue weighted by Gasteiger charge is 2.59. The molecule has 1 saturated heterocycles. The fraction of sp³-hybridized carbons (Fsp3) is 0.320. The van der Waals surface area contributed by atoms with Crippen LogP contribution in [0, 0.1) is 11.8 Å². The zero-order chi connectivity index (χ0) is 23.0. The number of carbonyl (C=O) groups is 3. The molecule has 2 amide bonds. The van der Waals surface area contributed by atoms with Crippen molar-refractivity contribution in [3.05, 3.63) is 79.1 Å². The molecule has 1 fully saturated rings. The molecule has 7 heteroatoms. The summed E-state index contributed by atoms with van der Waals surface area (Å²) in [6.45, 7) is 5.45. The number of allylic oxidation sites excluding steroid dienone is 5. The van der Waals surface area contributed by atoms with Gasteiger partial charge in [0.05, 0.1) is 24.5 Å². The maximum absolute atomic E-state index is 13.0. The van der Waals surface area contributed by atoms with Gasteiger partial charge in [-0.2, -0.15) is 0 Å². The molecule has 2 aliphatic rings. The molecule has 2 heterocycles. The number of benzene rings is 1. The van der Waals surface area contributed by atoms with Gasteiger partial charge in [0.2, 0.25) is 5.91 Å². The quantitative estimate of drug-likeness (QED) is 0.316. The van der Waals surface area contributed by atoms with Crippen LogP contribution < -0.4 is 15.4 Å². The topological polar surface area (TPSA) is 93.7 Å². The molecule has 1 aromatic rings. The molecule has 4 atom stereocenters. The molecule has 0 aromatic heterocycles. The van der Waals surface area contributed by atoms with Gasteiger partial charge in [0.25, 0.3) is 5.91 Å². The van der Waals surface area contributed by atoms with Crippen LogP contribution in [0.15, 0.2) is 79.1 Å². The summed E-state index contributed by atoms with van der Waals surface area (Å²) >= 11 is 0. The van der Waals surface area contributed by atoms with E-state index in [4.69, 9.17) is 9.47 Å². The standard InChI is InChI=1S/C25H28N2O5/c1-3-5-7-10-18(4-2)27-24(30)23-20(15-28)25(14-13-21(23)32-25)17-26-22(29)16-31-19-11-8-6-9-12-19/h3,5-15,20-21,23H,1,4,16-17H2,2H3,(H,26,29)(H,27,30)/b7-5-,18-10+. The molecule has 7 nitrogen and oxygen atoms in total. The Kier molecular flexibility index (Phi) is 7.78. The predicted molar refractivity (Wildman–Crippen MR) is 121 cm³/mol. The van der Waals surface area contributed by atoms with E-state index >= 15 is 0 Å². The van der Waals surface area contributed by atoms with Crippen molar-refractivity contribution in [3.63, 3.8) is 0 Å². The van der Waals surface area contributed by atoms with Gasteiger partial charge in [0, 0.05) is 5.70 Å². The van der Waals surface area contributed by atoms with Crippen molar-refractivity contribution in [2.24, 2.45) is 11.8 Å². The van der Waals surface area contributed by atoms with Crippen LogP contribution in [0.4, 0.5) is 0 Å². The van der Waals surface area contributed by atoms with Crippen LogP contribution >= 0.6 is 0 Å². The van der Waals surface area contributed by atoms with E-state index in [1.165, 1.54) is 0 Å². The fourth-order valence-electron chi connectivity index (χ4n) is 3.90. The molecule has 3 rings (SSSR count). The number of fused-ring (bicyclic) bond motifs is 2. The van der Waals surface area contributed by atoms with E-state index in [1.54, 1.807) is 48.6 Å². The highest BCUT2D eigenvalue weighted by atomic mass is 16.5. The third-order valence-corrected chi connectivity index (χ3v) is 5.56. The summed E-state index contributed by atoms with van der Waals surface area (Å²) in [4.78, 5) is 37.2. The SMILES string of the molecule is C=C/C=C\C=C(/CC)NC(=O)C1C2C=CC(CNC(=O)COc3ccccc3)(O2)C1C=O. The number of hydrogen-bond donors (Lipinski definition) is 2. The lowest BCUT2D eigenvalue weighted by atomic mass is 9.75. The summed E-state index contributed by atoms with van der Waals surface area (Å²) in [5.41, 5.74) is -0.319. The van der Waals surface area contributed by atoms with Crippen molar-refractivity contribution in [1.29, 1.82) is 0 Å². The Balaban J connectivity index is 1.61. The van der Waals surface area contributed by atoms with Crippen molar-refractivity contribution in [2.75, 3.05) is 13.2 Å². The minimum atomic E-state index is -1.05. The number of ether oxygens (including phenoxy) is 2. The molecule has 4 unspecified atom stereocenters. The van der Waals surface area contributed by atoms with Crippen molar-refractivity contribution in [1.82, 2.24) is 10.6 Å². The van der Waals surface area contributed by atoms with E-state index in [1.807, 2.05) is 25.1 Å². The van der Waals surface area contributed by atoms with Crippen molar-refractivity contribution in [3.8, 4) is 5.75 Å². The zero-order valence-corrected chi connectivity index (χ0v) is 18.0. The number of amides is 2. The first-order valence-corrected chi connectivity index (χ1v) is 10.6. The Hall–Kier alpha value is -3.45. The largest absolute Gasteiger partial charge is 0.484 e. The molecule has 2 bridgehead atoms. The van der Waals surface area contributed by atoms with Crippen molar-refractivity contribution >= 4 is 18.1 Å². The molecule has 32 heavy (non-hydrogen) atoms. The first kappa shape index (κ1) is 23.2. The molecule has 2 aliphatic heterocycles. The minimum absolute atomic E-state index is 0.0721. The van der Waals surface area contributed by atoms with E-state index < -0.39 is 23.5 Å². The summed E-state index contributed by atoms with van der Waals surface area (Å²) in [6, 6.07) is 9.01. The number of nitrogens with one attached hydrogen (secondary N) is 2. The lowest BCUT2D eigenvalue weighted by molar-refractivity contribution is -0.129. The van der Waals surface area contributed by atoms with Crippen molar-refractivity contribution in [2.45, 2.75) is 25.0 Å². The summed E-state index contributed by atoms with van der Waals surface area (Å²) in [6.07, 6.45) is 11.4. The van der Waals surface area contributed by atoms with Gasteiger partial charge in [-0.25, -0.2) is 0 Å². The Morgan fingerprint density at radius 3 is 2.72 bits per heavy atom. The molecule has 0 saturated carbocycles. The van der Waals surface area contributed by atoms with Gasteiger partial charge in [0.15, 0.2) is 6.61 Å². The van der Waals surface area contributed by atoms with Gasteiger partial charge < -0.3 is 24.9 Å². The molecule has 0 aliphatic carbocycles. The fourth-order valence-corrected chi connectivity index (χ4v) is 3.90. The zero-order valence-electron chi connectivity index (χ0n) is 18.0. The van der Waals surface area contributed by atoms with E-state index in [-0.39, 0.29) is 25.0 Å². The van der Waals surface area contributed by atoms with Crippen molar-refractivity contribution < 1.29 is 23.9 Å². The lowest BCUT2D eigenvalue weighted by Crippen LogP contribution is -2.49. The normalized spacial score (nSPS) is 26.2. The monoisotopic (exact) mass is 436 g/mol. The molecular weight excluding hydrogens is 408 g/mol. The second-order valence-electron chi connectivity index (χ2n) is 7.62. The van der Waals surface area contributed by atoms with Crippen LogP contribution in [0.1, 0.15) is 13.3 Å². The van der Waals surface area contributed by atoms with Crippen LogP contribution in [-0.4, -0.2) is 43.0 Å². The maximum Gasteiger partial charge on any atom is 0.258 e. The number of rotatable bonds is 11. The number of hydrogen-bond acceptors (Lipinski definition) is 5. The number of aldehydes is 1. The summed E-state index contributed by atoms with van der Waals surface area (Å²) < 4.78 is 11.5. The van der Waals surface area contributed by atoms with Crippen LogP contribution in [-0.2, 0) is 19.1 Å². The summed E-state index contributed by atoms with van der Waals surface area (Å²) in [7, 11) is 0. The molecular formula is C25H28N2O5. The molecule has 168 valence electrons. The number of para-hydroxylation sites is 1. The smallest absolute Gasteiger partial charge is 0.258 e. The maximum atomic E-state index is 13.0. The van der Waals surface area contributed by atoms with Gasteiger partial charge >= 0.3 is 0 Å². The lowest BCUT2D eigenvalue weighted by Gasteiger charge is -2.29. The van der Waals surface area contributed by atoms with E-state index in [2.05, 4.69) is 17.2 Å². The Morgan fingerprint density at radius 1 is 1.25 bits per heavy atom. The third-order valence-electron chi connectivity index (χ3n) is 5.56. The van der Waals surface area contributed by atoms with Crippen LogP contribution in [0.5, 0.6) is 5.75 Å². The van der Waals surface area contributed by atoms with Crippen LogP contribution in [0.2, 0.25) is 0 Å². The van der Waals surface area contributed by atoms with Gasteiger partial charge in [-0.05, 0) is 24.6 Å². The Morgan fingerprint density at radius 2 is 2.03 bits per heavy atom. The molecule has 2 N–H and O–H groups in total. The first-order chi connectivity index (χ1) is 15.5. The molecule has 0 radical (unpaired) electrons. The number of carbonyl (C=O) groups excluding carboxylic acids is 3. The summed E-state index contributed by atoms with van der Waals surface area (Å²) in [5.74, 6) is -1.42. The second-order valence-corrected chi connectivity index (χ2v) is 7.62. The summed E-state index contributed by atoms with van der Waals surface area (Å²) in [5, 5.41) is 5.66. The van der Waals surface area contributed by atoms with Gasteiger partial charge in [-0.15, -0.1) is 0 Å². The van der Waals surface area contributed by atoms with Gasteiger partial charge in [0.1, 0.15) is 17.6 Å². The van der Waals surface area contributed by atoms with Gasteiger partial charge in [-0.1, -0.05) is 62.1 Å². The van der Waals surface area contributed by atoms with Crippen LogP contribution in [0.25, 0.3) is 0 Å². The third kappa shape index (κ3) is 5.23. The van der Waals surface area contributed by atoms with E-state index in [0.717, 1.165) is 12.0 Å². The minimum Gasteiger partial charge on any atom is -0.484 e. The first-order valence-electron chi connectivity index (χ1n) is 10.6. The Labute approximate surface area is 187 Å². The molecule has 0 spiro atoms. The van der Waals surface area contributed by atoms with Crippen LogP contribution in [0.3, 0.4) is 0 Å². The average molecular weight is 437 g/mol. The van der Waals surface area contributed by atoms with E-state index in [0.29, 0.717) is 12.2 Å². The highest BCUT2D eigenvalue weighted by molar-refractivity contribution is 5.86. The second kappa shape index (κ2) is 10.7. The predicted octanol–water partition coefficient (Wildman–Crippen LogP) is 2.47. The Bertz CT molecular complexity index is 937. The van der Waals surface area contributed by atoms with E-state index in [9.17, 15) is 14.4 Å². The average Bonchev–Trinajstić information content (AvgIpc) is 3.38.